The van der Waals surface area contributed by atoms with Crippen LogP contribution in [0.3, 0.4) is 0 Å². The maximum Gasteiger partial charge on any atom is -0.0173 e. The summed E-state index contributed by atoms with van der Waals surface area (Å²) in [7, 11) is 0. The minimum absolute atomic E-state index is 0.904. The summed E-state index contributed by atoms with van der Waals surface area (Å²) < 4.78 is 0. The Hall–Kier alpha value is -0.520. The molecule has 4 rings (SSSR count). The standard InChI is InChI=1S/C14H20/c1-2-3-4-14-12-6-10-5-11(8-12)9-13(14)7-10/h2-4,10-14H,1,5-9H2. The molecule has 4 fully saturated rings. The average molecular weight is 188 g/mol. The molecule has 0 unspecified atom stereocenters. The summed E-state index contributed by atoms with van der Waals surface area (Å²) in [5.41, 5.74) is 0. The van der Waals surface area contributed by atoms with Gasteiger partial charge in [0.25, 0.3) is 0 Å². The van der Waals surface area contributed by atoms with Gasteiger partial charge in [0.05, 0.1) is 0 Å². The van der Waals surface area contributed by atoms with Crippen LogP contribution in [0.5, 0.6) is 0 Å². The third-order valence-electron chi connectivity index (χ3n) is 4.77. The van der Waals surface area contributed by atoms with Gasteiger partial charge in [0.1, 0.15) is 0 Å². The Balaban J connectivity index is 1.80. The third-order valence-corrected chi connectivity index (χ3v) is 4.77. The zero-order chi connectivity index (χ0) is 9.54. The molecule has 14 heavy (non-hydrogen) atoms. The van der Waals surface area contributed by atoms with E-state index in [0.717, 1.165) is 29.6 Å². The van der Waals surface area contributed by atoms with Crippen LogP contribution < -0.4 is 0 Å². The van der Waals surface area contributed by atoms with Crippen LogP contribution in [-0.2, 0) is 0 Å². The fourth-order valence-electron chi connectivity index (χ4n) is 4.49. The second kappa shape index (κ2) is 3.25. The van der Waals surface area contributed by atoms with Crippen molar-refractivity contribution in [2.24, 2.45) is 29.6 Å². The minimum atomic E-state index is 0.904. The van der Waals surface area contributed by atoms with Gasteiger partial charge in [-0.1, -0.05) is 24.8 Å². The van der Waals surface area contributed by atoms with Crippen LogP contribution in [0.4, 0.5) is 0 Å². The monoisotopic (exact) mass is 188 g/mol. The molecule has 0 heteroatoms. The molecule has 0 spiro atoms. The second-order valence-electron chi connectivity index (χ2n) is 5.63. The summed E-state index contributed by atoms with van der Waals surface area (Å²) in [5, 5.41) is 0. The van der Waals surface area contributed by atoms with Crippen molar-refractivity contribution in [2.45, 2.75) is 32.1 Å². The summed E-state index contributed by atoms with van der Waals surface area (Å²) in [6.07, 6.45) is 14.2. The van der Waals surface area contributed by atoms with E-state index in [-0.39, 0.29) is 0 Å². The number of hydrogen-bond donors (Lipinski definition) is 0. The summed E-state index contributed by atoms with van der Waals surface area (Å²) >= 11 is 0. The third kappa shape index (κ3) is 1.27. The average Bonchev–Trinajstić information content (AvgIpc) is 2.15. The number of hydrogen-bond acceptors (Lipinski definition) is 0. The zero-order valence-electron chi connectivity index (χ0n) is 8.86. The molecule has 4 bridgehead atoms. The second-order valence-corrected chi connectivity index (χ2v) is 5.63. The Bertz CT molecular complexity index is 233. The van der Waals surface area contributed by atoms with Crippen molar-refractivity contribution in [3.63, 3.8) is 0 Å². The van der Waals surface area contributed by atoms with Crippen molar-refractivity contribution in [1.82, 2.24) is 0 Å². The quantitative estimate of drug-likeness (QED) is 0.578. The lowest BCUT2D eigenvalue weighted by Crippen LogP contribution is -2.44. The van der Waals surface area contributed by atoms with Gasteiger partial charge in [-0.3, -0.25) is 0 Å². The first-order chi connectivity index (χ1) is 6.86. The summed E-state index contributed by atoms with van der Waals surface area (Å²) in [6, 6.07) is 0. The first-order valence-corrected chi connectivity index (χ1v) is 6.16. The zero-order valence-corrected chi connectivity index (χ0v) is 8.86. The molecule has 4 aliphatic rings. The van der Waals surface area contributed by atoms with Gasteiger partial charge < -0.3 is 0 Å². The first-order valence-electron chi connectivity index (χ1n) is 6.16. The van der Waals surface area contributed by atoms with E-state index in [0.29, 0.717) is 0 Å². The fraction of sp³-hybridized carbons (Fsp3) is 0.714. The van der Waals surface area contributed by atoms with Gasteiger partial charge in [0.2, 0.25) is 0 Å². The minimum Gasteiger partial charge on any atom is -0.0991 e. The van der Waals surface area contributed by atoms with Crippen LogP contribution in [0, 0.1) is 29.6 Å². The van der Waals surface area contributed by atoms with Crippen molar-refractivity contribution < 1.29 is 0 Å². The van der Waals surface area contributed by atoms with Gasteiger partial charge in [-0.2, -0.15) is 0 Å². The van der Waals surface area contributed by atoms with Gasteiger partial charge in [0.15, 0.2) is 0 Å². The molecular weight excluding hydrogens is 168 g/mol. The van der Waals surface area contributed by atoms with E-state index < -0.39 is 0 Å². The van der Waals surface area contributed by atoms with Gasteiger partial charge in [0, 0.05) is 0 Å². The molecular formula is C14H20. The Morgan fingerprint density at radius 3 is 1.93 bits per heavy atom. The van der Waals surface area contributed by atoms with E-state index in [1.54, 1.807) is 6.42 Å². The molecule has 0 N–H and O–H groups in total. The molecule has 0 aliphatic heterocycles. The van der Waals surface area contributed by atoms with Crippen LogP contribution in [-0.4, -0.2) is 0 Å². The van der Waals surface area contributed by atoms with E-state index in [2.05, 4.69) is 18.7 Å². The van der Waals surface area contributed by atoms with Crippen LogP contribution >= 0.6 is 0 Å². The Labute approximate surface area is 87.1 Å². The summed E-state index contributed by atoms with van der Waals surface area (Å²) in [6.45, 7) is 3.78. The largest absolute Gasteiger partial charge is 0.0991 e. The molecule has 0 aromatic rings. The predicted molar refractivity (Wildman–Crippen MR) is 59.9 cm³/mol. The molecule has 0 nitrogen and oxygen atoms in total. The lowest BCUT2D eigenvalue weighted by Gasteiger charge is -2.53. The lowest BCUT2D eigenvalue weighted by atomic mass is 9.52. The van der Waals surface area contributed by atoms with Gasteiger partial charge in [-0.15, -0.1) is 0 Å². The molecule has 0 aromatic heterocycles. The Kier molecular flexibility index (Phi) is 2.04. The molecule has 0 radical (unpaired) electrons. The molecule has 4 aliphatic carbocycles. The van der Waals surface area contributed by atoms with E-state index in [4.69, 9.17) is 0 Å². The Morgan fingerprint density at radius 1 is 0.857 bits per heavy atom. The van der Waals surface area contributed by atoms with Crippen molar-refractivity contribution >= 4 is 0 Å². The van der Waals surface area contributed by atoms with Gasteiger partial charge >= 0.3 is 0 Å². The van der Waals surface area contributed by atoms with Crippen molar-refractivity contribution in [3.8, 4) is 0 Å². The van der Waals surface area contributed by atoms with E-state index in [1.165, 1.54) is 25.7 Å². The highest BCUT2D eigenvalue weighted by atomic mass is 14.5. The highest BCUT2D eigenvalue weighted by Gasteiger charge is 2.46. The van der Waals surface area contributed by atoms with Crippen LogP contribution in [0.2, 0.25) is 0 Å². The molecule has 0 amide bonds. The highest BCUT2D eigenvalue weighted by Crippen LogP contribution is 2.56. The van der Waals surface area contributed by atoms with Gasteiger partial charge in [-0.05, 0) is 61.7 Å². The molecule has 76 valence electrons. The smallest absolute Gasteiger partial charge is 0.0173 e. The lowest BCUT2D eigenvalue weighted by molar-refractivity contribution is -0.0161. The molecule has 0 heterocycles. The van der Waals surface area contributed by atoms with Crippen LogP contribution in [0.1, 0.15) is 32.1 Å². The van der Waals surface area contributed by atoms with Gasteiger partial charge in [-0.25, -0.2) is 0 Å². The van der Waals surface area contributed by atoms with E-state index >= 15 is 0 Å². The van der Waals surface area contributed by atoms with E-state index in [9.17, 15) is 0 Å². The van der Waals surface area contributed by atoms with Crippen LogP contribution in [0.15, 0.2) is 24.8 Å². The normalized spacial score (nSPS) is 50.1. The SMILES string of the molecule is C=CC=CC1C2CC3CC(C2)CC1C3. The summed E-state index contributed by atoms with van der Waals surface area (Å²) in [5.74, 6) is 5.17. The topological polar surface area (TPSA) is 0 Å². The predicted octanol–water partition coefficient (Wildman–Crippen LogP) is 3.80. The molecule has 0 atom stereocenters. The fourth-order valence-corrected chi connectivity index (χ4v) is 4.49. The molecule has 0 aromatic carbocycles. The Morgan fingerprint density at radius 2 is 1.43 bits per heavy atom. The molecule has 0 saturated heterocycles. The maximum absolute atomic E-state index is 3.78. The highest BCUT2D eigenvalue weighted by molar-refractivity contribution is 5.08. The summed E-state index contributed by atoms with van der Waals surface area (Å²) in [4.78, 5) is 0. The van der Waals surface area contributed by atoms with Crippen LogP contribution in [0.25, 0.3) is 0 Å². The van der Waals surface area contributed by atoms with Crippen molar-refractivity contribution in [2.75, 3.05) is 0 Å². The van der Waals surface area contributed by atoms with Crippen molar-refractivity contribution in [3.05, 3.63) is 24.8 Å². The maximum atomic E-state index is 3.78. The number of allylic oxidation sites excluding steroid dienone is 3. The first kappa shape index (κ1) is 8.76. The van der Waals surface area contributed by atoms with Crippen molar-refractivity contribution in [1.29, 1.82) is 0 Å². The molecule has 4 saturated carbocycles. The van der Waals surface area contributed by atoms with E-state index in [1.807, 2.05) is 6.08 Å². The number of rotatable bonds is 2.